The standard InChI is InChI=1S/C22H26O2/c1-17(23)14-15-19-11-7-13-22-21(19)16-20(24-22)12-6-5-10-18-8-3-2-4-9-18/h2-4,7-9,11,13,20H,5-6,10,12,14-16H2,1H3/t20-/m1/s1. The van der Waals surface area contributed by atoms with E-state index in [1.165, 1.54) is 29.5 Å². The summed E-state index contributed by atoms with van der Waals surface area (Å²) in [6.07, 6.45) is 7.40. The van der Waals surface area contributed by atoms with E-state index in [-0.39, 0.29) is 5.78 Å². The fraction of sp³-hybridized carbons (Fsp3) is 0.409. The van der Waals surface area contributed by atoms with Gasteiger partial charge in [0.15, 0.2) is 0 Å². The number of carbonyl (C=O) groups is 1. The van der Waals surface area contributed by atoms with Crippen molar-refractivity contribution in [2.45, 2.75) is 58.0 Å². The minimum Gasteiger partial charge on any atom is -0.490 e. The zero-order valence-electron chi connectivity index (χ0n) is 14.5. The smallest absolute Gasteiger partial charge is 0.130 e. The third-order valence-electron chi connectivity index (χ3n) is 4.79. The monoisotopic (exact) mass is 322 g/mol. The van der Waals surface area contributed by atoms with Crippen LogP contribution in [0.5, 0.6) is 5.75 Å². The minimum absolute atomic E-state index is 0.254. The Kier molecular flexibility index (Phi) is 5.68. The number of unbranched alkanes of at least 4 members (excludes halogenated alkanes) is 1. The molecular formula is C22H26O2. The van der Waals surface area contributed by atoms with Crippen LogP contribution < -0.4 is 4.74 Å². The summed E-state index contributed by atoms with van der Waals surface area (Å²) < 4.78 is 6.12. The number of hydrogen-bond donors (Lipinski definition) is 0. The molecule has 0 amide bonds. The van der Waals surface area contributed by atoms with E-state index in [1.807, 2.05) is 6.07 Å². The first kappa shape index (κ1) is 16.8. The van der Waals surface area contributed by atoms with Gasteiger partial charge in [-0.2, -0.15) is 0 Å². The molecule has 2 aromatic rings. The predicted octanol–water partition coefficient (Wildman–Crippen LogP) is 4.92. The second-order valence-corrected chi connectivity index (χ2v) is 6.77. The lowest BCUT2D eigenvalue weighted by molar-refractivity contribution is -0.116. The molecular weight excluding hydrogens is 296 g/mol. The van der Waals surface area contributed by atoms with E-state index in [9.17, 15) is 4.79 Å². The molecule has 0 aromatic heterocycles. The Morgan fingerprint density at radius 2 is 1.88 bits per heavy atom. The van der Waals surface area contributed by atoms with Gasteiger partial charge in [0, 0.05) is 18.4 Å². The molecule has 0 saturated heterocycles. The van der Waals surface area contributed by atoms with Crippen molar-refractivity contribution < 1.29 is 9.53 Å². The summed E-state index contributed by atoms with van der Waals surface area (Å²) in [6, 6.07) is 16.9. The molecule has 1 aliphatic rings. The van der Waals surface area contributed by atoms with Crippen LogP contribution >= 0.6 is 0 Å². The predicted molar refractivity (Wildman–Crippen MR) is 97.6 cm³/mol. The second-order valence-electron chi connectivity index (χ2n) is 6.77. The highest BCUT2D eigenvalue weighted by atomic mass is 16.5. The molecule has 2 aromatic carbocycles. The van der Waals surface area contributed by atoms with Crippen LogP contribution in [0.4, 0.5) is 0 Å². The average Bonchev–Trinajstić information content (AvgIpc) is 3.01. The Labute approximate surface area is 144 Å². The van der Waals surface area contributed by atoms with Crippen LogP contribution in [-0.2, 0) is 24.1 Å². The molecule has 0 spiro atoms. The summed E-state index contributed by atoms with van der Waals surface area (Å²) >= 11 is 0. The van der Waals surface area contributed by atoms with Gasteiger partial charge in [-0.05, 0) is 56.2 Å². The van der Waals surface area contributed by atoms with Crippen LogP contribution in [-0.4, -0.2) is 11.9 Å². The van der Waals surface area contributed by atoms with Crippen molar-refractivity contribution in [3.63, 3.8) is 0 Å². The number of aryl methyl sites for hydroxylation is 2. The highest BCUT2D eigenvalue weighted by molar-refractivity contribution is 5.75. The second kappa shape index (κ2) is 8.14. The number of benzene rings is 2. The van der Waals surface area contributed by atoms with E-state index in [1.54, 1.807) is 6.92 Å². The summed E-state index contributed by atoms with van der Waals surface area (Å²) in [6.45, 7) is 1.66. The molecule has 1 aliphatic heterocycles. The highest BCUT2D eigenvalue weighted by Crippen LogP contribution is 2.33. The van der Waals surface area contributed by atoms with Gasteiger partial charge in [0.05, 0.1) is 0 Å². The maximum absolute atomic E-state index is 11.2. The summed E-state index contributed by atoms with van der Waals surface area (Å²) in [7, 11) is 0. The van der Waals surface area contributed by atoms with E-state index in [0.29, 0.717) is 12.5 Å². The largest absolute Gasteiger partial charge is 0.490 e. The van der Waals surface area contributed by atoms with Crippen LogP contribution in [0.15, 0.2) is 48.5 Å². The van der Waals surface area contributed by atoms with Crippen LogP contribution in [0.2, 0.25) is 0 Å². The number of Topliss-reactive ketones (excluding diaryl/α,β-unsaturated/α-hetero) is 1. The van der Waals surface area contributed by atoms with Crippen molar-refractivity contribution in [3.05, 3.63) is 65.2 Å². The van der Waals surface area contributed by atoms with E-state index in [2.05, 4.69) is 42.5 Å². The lowest BCUT2D eigenvalue weighted by Crippen LogP contribution is -2.12. The van der Waals surface area contributed by atoms with Gasteiger partial charge in [0.25, 0.3) is 0 Å². The topological polar surface area (TPSA) is 26.3 Å². The summed E-state index contributed by atoms with van der Waals surface area (Å²) in [5, 5.41) is 0. The van der Waals surface area contributed by atoms with E-state index >= 15 is 0 Å². The van der Waals surface area contributed by atoms with E-state index in [4.69, 9.17) is 4.74 Å². The maximum atomic E-state index is 11.2. The number of rotatable bonds is 8. The van der Waals surface area contributed by atoms with Gasteiger partial charge >= 0.3 is 0 Å². The number of ketones is 1. The van der Waals surface area contributed by atoms with Crippen LogP contribution in [0.3, 0.4) is 0 Å². The fourth-order valence-corrected chi connectivity index (χ4v) is 3.45. The van der Waals surface area contributed by atoms with Crippen molar-refractivity contribution >= 4 is 5.78 Å². The fourth-order valence-electron chi connectivity index (χ4n) is 3.45. The van der Waals surface area contributed by atoms with Gasteiger partial charge in [0.2, 0.25) is 0 Å². The Morgan fingerprint density at radius 3 is 2.67 bits per heavy atom. The lowest BCUT2D eigenvalue weighted by Gasteiger charge is -2.10. The Morgan fingerprint density at radius 1 is 1.04 bits per heavy atom. The molecule has 3 rings (SSSR count). The first-order chi connectivity index (χ1) is 11.7. The molecule has 126 valence electrons. The molecule has 2 nitrogen and oxygen atoms in total. The van der Waals surface area contributed by atoms with E-state index in [0.717, 1.165) is 31.4 Å². The molecule has 2 heteroatoms. The van der Waals surface area contributed by atoms with Crippen molar-refractivity contribution in [1.82, 2.24) is 0 Å². The van der Waals surface area contributed by atoms with E-state index < -0.39 is 0 Å². The molecule has 0 radical (unpaired) electrons. The highest BCUT2D eigenvalue weighted by Gasteiger charge is 2.24. The molecule has 24 heavy (non-hydrogen) atoms. The van der Waals surface area contributed by atoms with Crippen LogP contribution in [0.25, 0.3) is 0 Å². The summed E-state index contributed by atoms with van der Waals surface area (Å²) in [5.74, 6) is 1.29. The van der Waals surface area contributed by atoms with Gasteiger partial charge in [-0.15, -0.1) is 0 Å². The number of carbonyl (C=O) groups excluding carboxylic acids is 1. The Hall–Kier alpha value is -2.09. The normalized spacial score (nSPS) is 15.8. The van der Waals surface area contributed by atoms with Crippen LogP contribution in [0.1, 0.15) is 49.3 Å². The van der Waals surface area contributed by atoms with Crippen LogP contribution in [0, 0.1) is 0 Å². The van der Waals surface area contributed by atoms with Gasteiger partial charge in [-0.1, -0.05) is 42.5 Å². The number of ether oxygens (including phenoxy) is 1. The van der Waals surface area contributed by atoms with Gasteiger partial charge in [-0.3, -0.25) is 0 Å². The van der Waals surface area contributed by atoms with Gasteiger partial charge < -0.3 is 9.53 Å². The first-order valence-electron chi connectivity index (χ1n) is 9.03. The van der Waals surface area contributed by atoms with Gasteiger partial charge in [-0.25, -0.2) is 0 Å². The maximum Gasteiger partial charge on any atom is 0.130 e. The third-order valence-corrected chi connectivity index (χ3v) is 4.79. The van der Waals surface area contributed by atoms with Crippen molar-refractivity contribution in [3.8, 4) is 5.75 Å². The van der Waals surface area contributed by atoms with Crippen molar-refractivity contribution in [1.29, 1.82) is 0 Å². The quantitative estimate of drug-likeness (QED) is 0.645. The SMILES string of the molecule is CC(=O)CCc1cccc2c1C[C@@H](CCCCc1ccccc1)O2. The molecule has 1 heterocycles. The molecule has 0 N–H and O–H groups in total. The number of hydrogen-bond acceptors (Lipinski definition) is 2. The molecule has 0 bridgehead atoms. The zero-order chi connectivity index (χ0) is 16.8. The van der Waals surface area contributed by atoms with Crippen molar-refractivity contribution in [2.75, 3.05) is 0 Å². The molecule has 0 saturated carbocycles. The average molecular weight is 322 g/mol. The zero-order valence-corrected chi connectivity index (χ0v) is 14.5. The molecule has 1 atom stereocenters. The summed E-state index contributed by atoms with van der Waals surface area (Å²) in [4.78, 5) is 11.2. The minimum atomic E-state index is 0.254. The molecule has 0 unspecified atom stereocenters. The molecule has 0 aliphatic carbocycles. The molecule has 0 fully saturated rings. The van der Waals surface area contributed by atoms with Crippen molar-refractivity contribution in [2.24, 2.45) is 0 Å². The lowest BCUT2D eigenvalue weighted by atomic mass is 9.97. The first-order valence-corrected chi connectivity index (χ1v) is 9.03. The Balaban J connectivity index is 1.47. The summed E-state index contributed by atoms with van der Waals surface area (Å²) in [5.41, 5.74) is 4.03. The number of fused-ring (bicyclic) bond motifs is 1. The van der Waals surface area contributed by atoms with Gasteiger partial charge in [0.1, 0.15) is 17.6 Å². The third kappa shape index (κ3) is 4.47. The Bertz CT molecular complexity index is 676.